The fraction of sp³-hybridized carbons (Fsp3) is 0.889. The predicted octanol–water partition coefficient (Wildman–Crippen LogP) is 1.17. The maximum atomic E-state index is 11.5. The first-order valence-corrected chi connectivity index (χ1v) is 4.68. The Bertz CT molecular complexity index is 181. The van der Waals surface area contributed by atoms with Crippen LogP contribution in [0.25, 0.3) is 0 Å². The van der Waals surface area contributed by atoms with E-state index in [1.165, 1.54) is 0 Å². The molecule has 0 aromatic heterocycles. The highest BCUT2D eigenvalue weighted by atomic mass is 16.6. The van der Waals surface area contributed by atoms with Gasteiger partial charge in [-0.1, -0.05) is 0 Å². The van der Waals surface area contributed by atoms with E-state index in [1.807, 2.05) is 20.8 Å². The molecule has 76 valence electrons. The van der Waals surface area contributed by atoms with E-state index in [4.69, 9.17) is 4.74 Å². The maximum Gasteiger partial charge on any atom is 0.411 e. The molecule has 4 heteroatoms. The van der Waals surface area contributed by atoms with Gasteiger partial charge in [-0.15, -0.1) is 0 Å². The van der Waals surface area contributed by atoms with Crippen molar-refractivity contribution >= 4 is 6.09 Å². The molecule has 1 amide bonds. The van der Waals surface area contributed by atoms with Gasteiger partial charge < -0.3 is 4.74 Å². The Hall–Kier alpha value is -0.770. The van der Waals surface area contributed by atoms with Crippen LogP contribution in [-0.4, -0.2) is 36.4 Å². The molecule has 1 aliphatic rings. The summed E-state index contributed by atoms with van der Waals surface area (Å²) < 4.78 is 5.22. The van der Waals surface area contributed by atoms with Crippen LogP contribution >= 0.6 is 0 Å². The van der Waals surface area contributed by atoms with Crippen LogP contribution in [-0.2, 0) is 4.74 Å². The SMILES string of the molecule is CC(C)(C)OC(=O)N1CCCNC1. The molecule has 1 N–H and O–H groups in total. The minimum absolute atomic E-state index is 0.222. The van der Waals surface area contributed by atoms with Gasteiger partial charge in [-0.2, -0.15) is 0 Å². The van der Waals surface area contributed by atoms with E-state index in [0.717, 1.165) is 19.5 Å². The Morgan fingerprint density at radius 3 is 2.62 bits per heavy atom. The van der Waals surface area contributed by atoms with Gasteiger partial charge in [-0.05, 0) is 33.7 Å². The molecule has 0 radical (unpaired) electrons. The molecule has 0 unspecified atom stereocenters. The van der Waals surface area contributed by atoms with Gasteiger partial charge in [0, 0.05) is 6.54 Å². The lowest BCUT2D eigenvalue weighted by Crippen LogP contribution is -2.46. The van der Waals surface area contributed by atoms with Gasteiger partial charge >= 0.3 is 6.09 Å². The zero-order chi connectivity index (χ0) is 9.90. The van der Waals surface area contributed by atoms with Crippen molar-refractivity contribution < 1.29 is 9.53 Å². The summed E-state index contributed by atoms with van der Waals surface area (Å²) in [5.74, 6) is 0. The van der Waals surface area contributed by atoms with Gasteiger partial charge in [0.2, 0.25) is 0 Å². The number of nitrogens with one attached hydrogen (secondary N) is 1. The second-order valence-electron chi connectivity index (χ2n) is 4.26. The summed E-state index contributed by atoms with van der Waals surface area (Å²) in [7, 11) is 0. The van der Waals surface area contributed by atoms with Crippen LogP contribution in [0.1, 0.15) is 27.2 Å². The average molecular weight is 186 g/mol. The smallest absolute Gasteiger partial charge is 0.411 e. The molecule has 0 atom stereocenters. The van der Waals surface area contributed by atoms with Crippen LogP contribution in [0.2, 0.25) is 0 Å². The molecule has 0 spiro atoms. The number of amides is 1. The highest BCUT2D eigenvalue weighted by molar-refractivity contribution is 5.68. The molecule has 1 rings (SSSR count). The van der Waals surface area contributed by atoms with Crippen LogP contribution in [0.3, 0.4) is 0 Å². The van der Waals surface area contributed by atoms with Gasteiger partial charge in [-0.3, -0.25) is 10.2 Å². The average Bonchev–Trinajstić information content (AvgIpc) is 2.03. The first kappa shape index (κ1) is 10.3. The van der Waals surface area contributed by atoms with E-state index in [9.17, 15) is 4.79 Å². The van der Waals surface area contributed by atoms with Gasteiger partial charge in [0.1, 0.15) is 5.60 Å². The third kappa shape index (κ3) is 3.63. The van der Waals surface area contributed by atoms with Crippen LogP contribution in [0.5, 0.6) is 0 Å². The van der Waals surface area contributed by atoms with E-state index in [0.29, 0.717) is 6.67 Å². The van der Waals surface area contributed by atoms with Crippen molar-refractivity contribution in [2.75, 3.05) is 19.8 Å². The Labute approximate surface area is 79.2 Å². The largest absolute Gasteiger partial charge is 0.444 e. The highest BCUT2D eigenvalue weighted by Gasteiger charge is 2.22. The lowest BCUT2D eigenvalue weighted by atomic mass is 10.2. The number of carbonyl (C=O) groups excluding carboxylic acids is 1. The summed E-state index contributed by atoms with van der Waals surface area (Å²) in [5, 5.41) is 3.13. The van der Waals surface area contributed by atoms with Crippen molar-refractivity contribution in [3.63, 3.8) is 0 Å². The molecular weight excluding hydrogens is 168 g/mol. The zero-order valence-corrected chi connectivity index (χ0v) is 8.59. The second-order valence-corrected chi connectivity index (χ2v) is 4.26. The van der Waals surface area contributed by atoms with Gasteiger partial charge in [0.25, 0.3) is 0 Å². The van der Waals surface area contributed by atoms with Crippen molar-refractivity contribution in [3.8, 4) is 0 Å². The minimum atomic E-state index is -0.394. The molecule has 1 heterocycles. The Morgan fingerprint density at radius 2 is 2.15 bits per heavy atom. The normalized spacial score (nSPS) is 18.5. The summed E-state index contributed by atoms with van der Waals surface area (Å²) in [6.45, 7) is 8.02. The minimum Gasteiger partial charge on any atom is -0.444 e. The Balaban J connectivity index is 2.38. The molecule has 13 heavy (non-hydrogen) atoms. The van der Waals surface area contributed by atoms with E-state index in [-0.39, 0.29) is 6.09 Å². The molecule has 0 aliphatic carbocycles. The molecular formula is C9H18N2O2. The third-order valence-electron chi connectivity index (χ3n) is 1.74. The first-order chi connectivity index (χ1) is 5.99. The summed E-state index contributed by atoms with van der Waals surface area (Å²) in [6.07, 6.45) is 0.777. The van der Waals surface area contributed by atoms with Crippen LogP contribution in [0.15, 0.2) is 0 Å². The Kier molecular flexibility index (Phi) is 3.14. The fourth-order valence-corrected chi connectivity index (χ4v) is 1.17. The molecule has 4 nitrogen and oxygen atoms in total. The standard InChI is InChI=1S/C9H18N2O2/c1-9(2,3)13-8(12)11-6-4-5-10-7-11/h10H,4-7H2,1-3H3. The number of carbonyl (C=O) groups is 1. The quantitative estimate of drug-likeness (QED) is 0.617. The van der Waals surface area contributed by atoms with Gasteiger partial charge in [-0.25, -0.2) is 4.79 Å². The second kappa shape index (κ2) is 3.96. The Morgan fingerprint density at radius 1 is 1.46 bits per heavy atom. The van der Waals surface area contributed by atoms with E-state index in [1.54, 1.807) is 4.90 Å². The van der Waals surface area contributed by atoms with Crippen molar-refractivity contribution in [3.05, 3.63) is 0 Å². The maximum absolute atomic E-state index is 11.5. The molecule has 0 bridgehead atoms. The van der Waals surface area contributed by atoms with Crippen molar-refractivity contribution in [1.82, 2.24) is 10.2 Å². The topological polar surface area (TPSA) is 41.6 Å². The highest BCUT2D eigenvalue weighted by Crippen LogP contribution is 2.10. The van der Waals surface area contributed by atoms with Crippen molar-refractivity contribution in [1.29, 1.82) is 0 Å². The summed E-state index contributed by atoms with van der Waals surface area (Å²) in [6, 6.07) is 0. The summed E-state index contributed by atoms with van der Waals surface area (Å²) >= 11 is 0. The van der Waals surface area contributed by atoms with E-state index < -0.39 is 5.60 Å². The first-order valence-electron chi connectivity index (χ1n) is 4.68. The third-order valence-corrected chi connectivity index (χ3v) is 1.74. The molecule has 1 fully saturated rings. The molecule has 1 saturated heterocycles. The van der Waals surface area contributed by atoms with Gasteiger partial charge in [0.05, 0.1) is 6.67 Å². The predicted molar refractivity (Wildman–Crippen MR) is 50.4 cm³/mol. The monoisotopic (exact) mass is 186 g/mol. The van der Waals surface area contributed by atoms with Crippen molar-refractivity contribution in [2.24, 2.45) is 0 Å². The number of rotatable bonds is 0. The molecule has 1 aliphatic heterocycles. The summed E-state index contributed by atoms with van der Waals surface area (Å²) in [4.78, 5) is 13.2. The van der Waals surface area contributed by atoms with Gasteiger partial charge in [0.15, 0.2) is 0 Å². The molecule has 0 saturated carbocycles. The number of hydrogen-bond donors (Lipinski definition) is 1. The number of hydrogen-bond acceptors (Lipinski definition) is 3. The number of nitrogens with zero attached hydrogens (tertiary/aromatic N) is 1. The lowest BCUT2D eigenvalue weighted by molar-refractivity contribution is 0.0202. The van der Waals surface area contributed by atoms with E-state index in [2.05, 4.69) is 5.32 Å². The van der Waals surface area contributed by atoms with Crippen LogP contribution in [0.4, 0.5) is 4.79 Å². The van der Waals surface area contributed by atoms with Crippen molar-refractivity contribution in [2.45, 2.75) is 32.8 Å². The fourth-order valence-electron chi connectivity index (χ4n) is 1.17. The molecule has 0 aromatic carbocycles. The summed E-state index contributed by atoms with van der Waals surface area (Å²) in [5.41, 5.74) is -0.394. The lowest BCUT2D eigenvalue weighted by Gasteiger charge is -2.30. The number of ether oxygens (including phenoxy) is 1. The van der Waals surface area contributed by atoms with Crippen LogP contribution in [0, 0.1) is 0 Å². The zero-order valence-electron chi connectivity index (χ0n) is 8.59. The molecule has 0 aromatic rings. The van der Waals surface area contributed by atoms with E-state index >= 15 is 0 Å². The van der Waals surface area contributed by atoms with Crippen LogP contribution < -0.4 is 5.32 Å².